The van der Waals surface area contributed by atoms with Gasteiger partial charge in [-0.2, -0.15) is 0 Å². The molecule has 0 radical (unpaired) electrons. The van der Waals surface area contributed by atoms with Crippen molar-refractivity contribution in [3.8, 4) is 0 Å². The van der Waals surface area contributed by atoms with E-state index in [9.17, 15) is 5.11 Å². The first-order valence-corrected chi connectivity index (χ1v) is 9.82. The fourth-order valence-electron chi connectivity index (χ4n) is 3.07. The first-order chi connectivity index (χ1) is 7.87. The second-order valence-electron chi connectivity index (χ2n) is 6.10. The summed E-state index contributed by atoms with van der Waals surface area (Å²) in [6, 6.07) is 10.4. The Morgan fingerprint density at radius 1 is 1.18 bits per heavy atom. The molecule has 0 bridgehead atoms. The first-order valence-electron chi connectivity index (χ1n) is 6.32. The molecule has 92 valence electrons. The predicted octanol–water partition coefficient (Wildman–Crippen LogP) is 3.73. The Kier molecular flexibility index (Phi) is 3.04. The molecule has 2 heteroatoms. The van der Waals surface area contributed by atoms with Crippen LogP contribution >= 0.6 is 0 Å². The lowest BCUT2D eigenvalue weighted by molar-refractivity contribution is 0.132. The van der Waals surface area contributed by atoms with Gasteiger partial charge in [-0.1, -0.05) is 56.0 Å². The summed E-state index contributed by atoms with van der Waals surface area (Å²) in [5, 5.41) is 10.6. The molecule has 0 amide bonds. The Hall–Kier alpha value is -0.863. The van der Waals surface area contributed by atoms with Gasteiger partial charge in [-0.3, -0.25) is 0 Å². The average Bonchev–Trinajstić information content (AvgIpc) is 2.58. The highest BCUT2D eigenvalue weighted by atomic mass is 28.3. The van der Waals surface area contributed by atoms with E-state index in [2.05, 4.69) is 56.9 Å². The van der Waals surface area contributed by atoms with Crippen LogP contribution < -0.4 is 0 Å². The van der Waals surface area contributed by atoms with Crippen LogP contribution in [-0.4, -0.2) is 18.4 Å². The lowest BCUT2D eigenvalue weighted by atomic mass is 9.92. The second-order valence-corrected chi connectivity index (χ2v) is 11.4. The Bertz CT molecular complexity index is 430. The Morgan fingerprint density at radius 2 is 1.76 bits per heavy atom. The molecule has 0 heterocycles. The van der Waals surface area contributed by atoms with E-state index in [4.69, 9.17) is 0 Å². The van der Waals surface area contributed by atoms with Gasteiger partial charge >= 0.3 is 0 Å². The number of rotatable bonds is 2. The molecule has 17 heavy (non-hydrogen) atoms. The number of hydrogen-bond acceptors (Lipinski definition) is 1. The minimum atomic E-state index is -1.67. The number of hydrogen-bond donors (Lipinski definition) is 1. The Morgan fingerprint density at radius 3 is 2.29 bits per heavy atom. The van der Waals surface area contributed by atoms with E-state index < -0.39 is 13.3 Å². The van der Waals surface area contributed by atoms with E-state index in [-0.39, 0.29) is 5.92 Å². The van der Waals surface area contributed by atoms with Gasteiger partial charge < -0.3 is 5.11 Å². The maximum atomic E-state index is 11.2. The summed E-state index contributed by atoms with van der Waals surface area (Å²) in [4.78, 5) is 0. The summed E-state index contributed by atoms with van der Waals surface area (Å²) in [5.41, 5.74) is 2.44. The van der Waals surface area contributed by atoms with Crippen LogP contribution in [0.4, 0.5) is 0 Å². The van der Waals surface area contributed by atoms with E-state index >= 15 is 0 Å². The molecule has 0 fully saturated rings. The topological polar surface area (TPSA) is 20.2 Å². The molecule has 0 spiro atoms. The Labute approximate surface area is 105 Å². The van der Waals surface area contributed by atoms with E-state index in [1.165, 1.54) is 11.1 Å². The minimum Gasteiger partial charge on any atom is -0.389 e. The fraction of sp³-hybridized carbons (Fsp3) is 0.467. The molecule has 1 aliphatic rings. The third kappa shape index (κ3) is 1.89. The van der Waals surface area contributed by atoms with Gasteiger partial charge in [0, 0.05) is 5.92 Å². The van der Waals surface area contributed by atoms with Crippen LogP contribution in [0.3, 0.4) is 0 Å². The summed E-state index contributed by atoms with van der Waals surface area (Å²) in [6.45, 7) is 8.85. The quantitative estimate of drug-likeness (QED) is 0.623. The van der Waals surface area contributed by atoms with Crippen LogP contribution in [0.1, 0.15) is 24.8 Å². The molecule has 0 saturated carbocycles. The van der Waals surface area contributed by atoms with Gasteiger partial charge in [0.05, 0.1) is 13.3 Å². The highest BCUT2D eigenvalue weighted by Crippen LogP contribution is 2.47. The van der Waals surface area contributed by atoms with Crippen molar-refractivity contribution in [2.75, 3.05) is 0 Å². The molecule has 1 aromatic carbocycles. The van der Waals surface area contributed by atoms with Crippen molar-refractivity contribution in [3.05, 3.63) is 47.5 Å². The summed E-state index contributed by atoms with van der Waals surface area (Å²) < 4.78 is 0. The zero-order chi connectivity index (χ0) is 12.7. The summed E-state index contributed by atoms with van der Waals surface area (Å²) >= 11 is 0. The lowest BCUT2D eigenvalue weighted by Gasteiger charge is -2.42. The van der Waals surface area contributed by atoms with Crippen molar-refractivity contribution in [1.82, 2.24) is 0 Å². The normalized spacial score (nSPS) is 29.2. The average molecular weight is 246 g/mol. The van der Waals surface area contributed by atoms with Crippen LogP contribution in [0, 0.1) is 0 Å². The standard InChI is InChI=1S/C15H22OSi/c1-12-10-11-14(13-8-6-5-7-9-13)15(12,16)17(2,3)4/h5-10,14,16H,11H2,1-4H3/t14-,15+/m0/s1. The molecular weight excluding hydrogens is 224 g/mol. The molecule has 1 N–H and O–H groups in total. The van der Waals surface area contributed by atoms with Crippen LogP contribution in [0.15, 0.2) is 42.0 Å². The third-order valence-electron chi connectivity index (χ3n) is 4.11. The van der Waals surface area contributed by atoms with Crippen molar-refractivity contribution < 1.29 is 5.11 Å². The van der Waals surface area contributed by atoms with Crippen molar-refractivity contribution in [3.63, 3.8) is 0 Å². The van der Waals surface area contributed by atoms with Gasteiger partial charge in [-0.15, -0.1) is 0 Å². The van der Waals surface area contributed by atoms with Gasteiger partial charge in [0.2, 0.25) is 0 Å². The van der Waals surface area contributed by atoms with Crippen molar-refractivity contribution in [1.29, 1.82) is 0 Å². The number of aliphatic hydroxyl groups is 1. The summed E-state index contributed by atoms with van der Waals surface area (Å²) in [5.74, 6) is 0.246. The summed E-state index contributed by atoms with van der Waals surface area (Å²) in [6.07, 6.45) is 3.19. The SMILES string of the molecule is CC1=CC[C@@H](c2ccccc2)[C@]1(O)[Si](C)(C)C. The third-order valence-corrected chi connectivity index (χ3v) is 7.14. The van der Waals surface area contributed by atoms with E-state index in [0.29, 0.717) is 0 Å². The van der Waals surface area contributed by atoms with Crippen molar-refractivity contribution in [2.45, 2.75) is 44.1 Å². The van der Waals surface area contributed by atoms with Crippen LogP contribution in [0.5, 0.6) is 0 Å². The molecule has 2 rings (SSSR count). The zero-order valence-electron chi connectivity index (χ0n) is 11.2. The minimum absolute atomic E-state index is 0.246. The van der Waals surface area contributed by atoms with Gasteiger partial charge in [0.1, 0.15) is 0 Å². The smallest absolute Gasteiger partial charge is 0.0881 e. The molecular formula is C15H22OSi. The van der Waals surface area contributed by atoms with Gasteiger partial charge in [-0.05, 0) is 24.5 Å². The van der Waals surface area contributed by atoms with Crippen LogP contribution in [0.25, 0.3) is 0 Å². The monoisotopic (exact) mass is 246 g/mol. The Balaban J connectivity index is 2.45. The molecule has 0 unspecified atom stereocenters. The zero-order valence-corrected chi connectivity index (χ0v) is 12.2. The maximum absolute atomic E-state index is 11.2. The second kappa shape index (κ2) is 4.11. The fourth-order valence-corrected chi connectivity index (χ4v) is 5.69. The maximum Gasteiger partial charge on any atom is 0.0881 e. The molecule has 0 saturated heterocycles. The highest BCUT2D eigenvalue weighted by Gasteiger charge is 2.51. The van der Waals surface area contributed by atoms with E-state index in [1.807, 2.05) is 6.07 Å². The molecule has 0 aromatic heterocycles. The predicted molar refractivity (Wildman–Crippen MR) is 75.9 cm³/mol. The number of benzene rings is 1. The lowest BCUT2D eigenvalue weighted by Crippen LogP contribution is -2.55. The van der Waals surface area contributed by atoms with E-state index in [1.54, 1.807) is 0 Å². The van der Waals surface area contributed by atoms with Crippen LogP contribution in [0.2, 0.25) is 19.6 Å². The molecule has 1 aliphatic carbocycles. The molecule has 0 aliphatic heterocycles. The van der Waals surface area contributed by atoms with Crippen molar-refractivity contribution >= 4 is 8.07 Å². The summed E-state index contributed by atoms with van der Waals surface area (Å²) in [7, 11) is -1.67. The van der Waals surface area contributed by atoms with Gasteiger partial charge in [0.25, 0.3) is 0 Å². The largest absolute Gasteiger partial charge is 0.389 e. The molecule has 2 atom stereocenters. The van der Waals surface area contributed by atoms with Gasteiger partial charge in [0.15, 0.2) is 0 Å². The van der Waals surface area contributed by atoms with Gasteiger partial charge in [-0.25, -0.2) is 0 Å². The number of allylic oxidation sites excluding steroid dienone is 1. The van der Waals surface area contributed by atoms with Crippen molar-refractivity contribution in [2.24, 2.45) is 0 Å². The highest BCUT2D eigenvalue weighted by molar-refractivity contribution is 6.79. The van der Waals surface area contributed by atoms with Crippen LogP contribution in [-0.2, 0) is 0 Å². The first kappa shape index (κ1) is 12.6. The molecule has 1 aromatic rings. The molecule has 1 nitrogen and oxygen atoms in total. The van der Waals surface area contributed by atoms with E-state index in [0.717, 1.165) is 6.42 Å².